The summed E-state index contributed by atoms with van der Waals surface area (Å²) in [6.45, 7) is 8.11. The van der Waals surface area contributed by atoms with Crippen LogP contribution in [0.5, 0.6) is 0 Å². The molecule has 0 spiro atoms. The molecule has 0 saturated carbocycles. The van der Waals surface area contributed by atoms with Gasteiger partial charge in [0.2, 0.25) is 0 Å². The fourth-order valence-corrected chi connectivity index (χ4v) is 3.36. The van der Waals surface area contributed by atoms with Crippen LogP contribution in [0.4, 0.5) is 0 Å². The number of aliphatic hydroxyl groups is 1. The highest BCUT2D eigenvalue weighted by Gasteiger charge is 2.09. The summed E-state index contributed by atoms with van der Waals surface area (Å²) in [6.07, 6.45) is 6.80. The molecule has 1 aliphatic heterocycles. The molecule has 1 heterocycles. The number of likely N-dealkylation sites (tertiary alicyclic amines) is 1. The predicted octanol–water partition coefficient (Wildman–Crippen LogP) is 3.55. The van der Waals surface area contributed by atoms with E-state index in [0.29, 0.717) is 13.0 Å². The molecule has 0 aromatic heterocycles. The molecule has 154 valence electrons. The van der Waals surface area contributed by atoms with Crippen LogP contribution in [0.1, 0.15) is 57.1 Å². The molecule has 1 aliphatic rings. The summed E-state index contributed by atoms with van der Waals surface area (Å²) in [5.74, 6) is 0.851. The minimum atomic E-state index is -0.436. The molecule has 1 fully saturated rings. The smallest absolute Gasteiger partial charge is 0.191 e. The molecule has 0 amide bonds. The normalized spacial score (nSPS) is 16.9. The maximum absolute atomic E-state index is 10.2. The van der Waals surface area contributed by atoms with Crippen molar-refractivity contribution < 1.29 is 5.11 Å². The van der Waals surface area contributed by atoms with Crippen molar-refractivity contribution in [2.45, 2.75) is 51.6 Å². The van der Waals surface area contributed by atoms with Crippen LogP contribution in [0.2, 0.25) is 0 Å². The van der Waals surface area contributed by atoms with Gasteiger partial charge >= 0.3 is 0 Å². The van der Waals surface area contributed by atoms with Gasteiger partial charge in [-0.05, 0) is 57.8 Å². The molecular weight excluding hydrogens is 451 g/mol. The van der Waals surface area contributed by atoms with Crippen molar-refractivity contribution >= 4 is 29.9 Å². The zero-order chi connectivity index (χ0) is 18.5. The SMILES string of the molecule is CCNC(=NCCCN1CCCCCC1)NCCC(O)c1ccccc1.I. The molecule has 5 nitrogen and oxygen atoms in total. The van der Waals surface area contributed by atoms with E-state index >= 15 is 0 Å². The number of rotatable bonds is 9. The third-order valence-electron chi connectivity index (χ3n) is 4.84. The number of guanidine groups is 1. The van der Waals surface area contributed by atoms with Crippen molar-refractivity contribution in [2.24, 2.45) is 4.99 Å². The summed E-state index contributed by atoms with van der Waals surface area (Å²) in [5, 5.41) is 16.9. The Labute approximate surface area is 182 Å². The summed E-state index contributed by atoms with van der Waals surface area (Å²) in [6, 6.07) is 9.82. The minimum Gasteiger partial charge on any atom is -0.388 e. The van der Waals surface area contributed by atoms with Gasteiger partial charge in [-0.25, -0.2) is 0 Å². The Kier molecular flexibility index (Phi) is 13.5. The van der Waals surface area contributed by atoms with E-state index in [-0.39, 0.29) is 24.0 Å². The lowest BCUT2D eigenvalue weighted by Crippen LogP contribution is -2.38. The standard InChI is InChI=1S/C21H36N4O.HI/c1-2-22-21(23-14-10-18-25-16-8-3-4-9-17-25)24-15-13-20(26)19-11-6-5-7-12-19;/h5-7,11-12,20,26H,2-4,8-10,13-18H2,1H3,(H2,22,23,24);1H. The number of benzene rings is 1. The van der Waals surface area contributed by atoms with Crippen LogP contribution >= 0.6 is 24.0 Å². The third kappa shape index (κ3) is 10.3. The zero-order valence-corrected chi connectivity index (χ0v) is 19.0. The highest BCUT2D eigenvalue weighted by Crippen LogP contribution is 2.14. The molecule has 3 N–H and O–H groups in total. The third-order valence-corrected chi connectivity index (χ3v) is 4.84. The van der Waals surface area contributed by atoms with Gasteiger partial charge in [-0.1, -0.05) is 43.2 Å². The van der Waals surface area contributed by atoms with Crippen LogP contribution < -0.4 is 10.6 Å². The Hall–Kier alpha value is -0.860. The fraction of sp³-hybridized carbons (Fsp3) is 0.667. The van der Waals surface area contributed by atoms with E-state index in [1.165, 1.54) is 38.8 Å². The van der Waals surface area contributed by atoms with Crippen LogP contribution in [-0.2, 0) is 0 Å². The van der Waals surface area contributed by atoms with Gasteiger partial charge in [-0.2, -0.15) is 0 Å². The van der Waals surface area contributed by atoms with Crippen molar-refractivity contribution in [3.05, 3.63) is 35.9 Å². The lowest BCUT2D eigenvalue weighted by Gasteiger charge is -2.19. The molecule has 6 heteroatoms. The molecule has 1 saturated heterocycles. The van der Waals surface area contributed by atoms with Crippen molar-refractivity contribution in [2.75, 3.05) is 39.3 Å². The first-order valence-electron chi connectivity index (χ1n) is 10.3. The second kappa shape index (κ2) is 15.1. The van der Waals surface area contributed by atoms with E-state index in [9.17, 15) is 5.11 Å². The van der Waals surface area contributed by atoms with Crippen LogP contribution in [0.15, 0.2) is 35.3 Å². The number of hydrogen-bond acceptors (Lipinski definition) is 3. The first-order valence-corrected chi connectivity index (χ1v) is 10.3. The van der Waals surface area contributed by atoms with Gasteiger partial charge in [-0.3, -0.25) is 4.99 Å². The Morgan fingerprint density at radius 2 is 1.81 bits per heavy atom. The highest BCUT2D eigenvalue weighted by atomic mass is 127. The van der Waals surface area contributed by atoms with Crippen LogP contribution in [0, 0.1) is 0 Å². The fourth-order valence-electron chi connectivity index (χ4n) is 3.36. The molecule has 0 aliphatic carbocycles. The Morgan fingerprint density at radius 3 is 2.48 bits per heavy atom. The average Bonchev–Trinajstić information content (AvgIpc) is 2.94. The number of nitrogens with zero attached hydrogens (tertiary/aromatic N) is 2. The van der Waals surface area contributed by atoms with E-state index in [4.69, 9.17) is 0 Å². The van der Waals surface area contributed by atoms with E-state index in [2.05, 4.69) is 27.4 Å². The first kappa shape index (κ1) is 24.2. The first-order chi connectivity index (χ1) is 12.8. The van der Waals surface area contributed by atoms with Crippen molar-refractivity contribution in [1.82, 2.24) is 15.5 Å². The molecule has 1 aromatic rings. The van der Waals surface area contributed by atoms with E-state index in [0.717, 1.165) is 37.6 Å². The van der Waals surface area contributed by atoms with Crippen LogP contribution in [0.25, 0.3) is 0 Å². The van der Waals surface area contributed by atoms with E-state index in [1.807, 2.05) is 30.3 Å². The summed E-state index contributed by atoms with van der Waals surface area (Å²) in [4.78, 5) is 7.26. The molecule has 2 rings (SSSR count). The van der Waals surface area contributed by atoms with Gasteiger partial charge in [0.25, 0.3) is 0 Å². The minimum absolute atomic E-state index is 0. The maximum atomic E-state index is 10.2. The van der Waals surface area contributed by atoms with Crippen LogP contribution in [-0.4, -0.2) is 55.2 Å². The lowest BCUT2D eigenvalue weighted by atomic mass is 10.1. The van der Waals surface area contributed by atoms with E-state index < -0.39 is 6.10 Å². The van der Waals surface area contributed by atoms with Crippen molar-refractivity contribution in [3.63, 3.8) is 0 Å². The molecule has 27 heavy (non-hydrogen) atoms. The summed E-state index contributed by atoms with van der Waals surface area (Å²) < 4.78 is 0. The second-order valence-electron chi connectivity index (χ2n) is 7.01. The number of aliphatic imine (C=N–C) groups is 1. The highest BCUT2D eigenvalue weighted by molar-refractivity contribution is 14.0. The Morgan fingerprint density at radius 1 is 1.11 bits per heavy atom. The topological polar surface area (TPSA) is 59.9 Å². The molecule has 0 bridgehead atoms. The molecular formula is C21H37IN4O. The number of halogens is 1. The van der Waals surface area contributed by atoms with Gasteiger partial charge in [0.15, 0.2) is 5.96 Å². The maximum Gasteiger partial charge on any atom is 0.191 e. The summed E-state index contributed by atoms with van der Waals surface area (Å²) in [5.41, 5.74) is 0.966. The molecule has 0 radical (unpaired) electrons. The van der Waals surface area contributed by atoms with Gasteiger partial charge in [0.05, 0.1) is 6.10 Å². The molecule has 1 aromatic carbocycles. The number of nitrogens with one attached hydrogen (secondary N) is 2. The summed E-state index contributed by atoms with van der Waals surface area (Å²) >= 11 is 0. The molecule has 1 unspecified atom stereocenters. The van der Waals surface area contributed by atoms with Gasteiger partial charge in [-0.15, -0.1) is 24.0 Å². The van der Waals surface area contributed by atoms with Gasteiger partial charge in [0, 0.05) is 19.6 Å². The number of hydrogen-bond donors (Lipinski definition) is 3. The van der Waals surface area contributed by atoms with Gasteiger partial charge in [0.1, 0.15) is 0 Å². The lowest BCUT2D eigenvalue weighted by molar-refractivity contribution is 0.168. The monoisotopic (exact) mass is 488 g/mol. The molecule has 1 atom stereocenters. The van der Waals surface area contributed by atoms with Gasteiger partial charge < -0.3 is 20.6 Å². The predicted molar refractivity (Wildman–Crippen MR) is 125 cm³/mol. The zero-order valence-electron chi connectivity index (χ0n) is 16.7. The summed E-state index contributed by atoms with van der Waals surface area (Å²) in [7, 11) is 0. The van der Waals surface area contributed by atoms with Crippen molar-refractivity contribution in [1.29, 1.82) is 0 Å². The largest absolute Gasteiger partial charge is 0.388 e. The second-order valence-corrected chi connectivity index (χ2v) is 7.01. The Balaban J connectivity index is 0.00000364. The van der Waals surface area contributed by atoms with Crippen molar-refractivity contribution in [3.8, 4) is 0 Å². The number of aliphatic hydroxyl groups excluding tert-OH is 1. The quantitative estimate of drug-likeness (QED) is 0.215. The Bertz CT molecular complexity index is 504. The van der Waals surface area contributed by atoms with E-state index in [1.54, 1.807) is 0 Å². The average molecular weight is 488 g/mol. The van der Waals surface area contributed by atoms with Crippen LogP contribution in [0.3, 0.4) is 0 Å².